The van der Waals surface area contributed by atoms with Crippen LogP contribution >= 0.6 is 22.6 Å². The topological polar surface area (TPSA) is 48.2 Å². The molecular formula is C15H11IN2O2. The van der Waals surface area contributed by atoms with Crippen molar-refractivity contribution in [2.24, 2.45) is 0 Å². The smallest absolute Gasteiger partial charge is 0.259 e. The van der Waals surface area contributed by atoms with E-state index in [1.807, 2.05) is 48.5 Å². The zero-order valence-electron chi connectivity index (χ0n) is 10.7. The molecule has 0 N–H and O–H groups in total. The number of hydrogen-bond donors (Lipinski definition) is 0. The van der Waals surface area contributed by atoms with Crippen LogP contribution < -0.4 is 4.74 Å². The standard InChI is InChI=1S/C15H11IN2O2/c1-19-11-8-6-10(7-9-11)14-17-15(20-18-14)12-4-2-3-5-13(12)16/h2-9H,1H3. The minimum atomic E-state index is 0.529. The highest BCUT2D eigenvalue weighted by Crippen LogP contribution is 2.26. The zero-order chi connectivity index (χ0) is 13.9. The summed E-state index contributed by atoms with van der Waals surface area (Å²) in [6.45, 7) is 0. The number of hydrogen-bond acceptors (Lipinski definition) is 4. The monoisotopic (exact) mass is 378 g/mol. The lowest BCUT2D eigenvalue weighted by Gasteiger charge is -1.99. The Bertz CT molecular complexity index is 723. The molecule has 2 aromatic carbocycles. The molecule has 1 aromatic heterocycles. The predicted molar refractivity (Wildman–Crippen MR) is 84.4 cm³/mol. The van der Waals surface area contributed by atoms with Crippen LogP contribution in [0.15, 0.2) is 53.1 Å². The summed E-state index contributed by atoms with van der Waals surface area (Å²) in [4.78, 5) is 4.44. The average molecular weight is 378 g/mol. The lowest BCUT2D eigenvalue weighted by atomic mass is 10.2. The molecule has 0 aliphatic rings. The molecule has 0 unspecified atom stereocenters. The number of halogens is 1. The van der Waals surface area contributed by atoms with Crippen molar-refractivity contribution in [1.82, 2.24) is 10.1 Å². The van der Waals surface area contributed by atoms with E-state index in [2.05, 4.69) is 32.7 Å². The fourth-order valence-electron chi connectivity index (χ4n) is 1.82. The molecule has 0 saturated heterocycles. The number of aromatic nitrogens is 2. The maximum absolute atomic E-state index is 5.35. The Morgan fingerprint density at radius 3 is 2.50 bits per heavy atom. The maximum atomic E-state index is 5.35. The summed E-state index contributed by atoms with van der Waals surface area (Å²) in [5, 5.41) is 4.03. The van der Waals surface area contributed by atoms with Gasteiger partial charge in [-0.1, -0.05) is 17.3 Å². The molecule has 4 nitrogen and oxygen atoms in total. The van der Waals surface area contributed by atoms with E-state index in [4.69, 9.17) is 9.26 Å². The van der Waals surface area contributed by atoms with Crippen LogP contribution in [0.2, 0.25) is 0 Å². The maximum Gasteiger partial charge on any atom is 0.259 e. The van der Waals surface area contributed by atoms with Gasteiger partial charge in [-0.05, 0) is 59.0 Å². The molecule has 0 bridgehead atoms. The van der Waals surface area contributed by atoms with Crippen molar-refractivity contribution in [1.29, 1.82) is 0 Å². The second-order valence-electron chi connectivity index (χ2n) is 4.13. The number of benzene rings is 2. The van der Waals surface area contributed by atoms with Crippen LogP contribution in [0, 0.1) is 3.57 Å². The van der Waals surface area contributed by atoms with Crippen LogP contribution in [-0.2, 0) is 0 Å². The third kappa shape index (κ3) is 2.53. The van der Waals surface area contributed by atoms with E-state index in [1.54, 1.807) is 7.11 Å². The normalized spacial score (nSPS) is 10.5. The molecule has 3 rings (SSSR count). The Hall–Kier alpha value is -1.89. The summed E-state index contributed by atoms with van der Waals surface area (Å²) >= 11 is 2.25. The first-order valence-electron chi connectivity index (χ1n) is 6.01. The van der Waals surface area contributed by atoms with Gasteiger partial charge in [0.15, 0.2) is 0 Å². The lowest BCUT2D eigenvalue weighted by Crippen LogP contribution is -1.85. The van der Waals surface area contributed by atoms with E-state index in [-0.39, 0.29) is 0 Å². The summed E-state index contributed by atoms with van der Waals surface area (Å²) < 4.78 is 11.6. The first-order chi connectivity index (χ1) is 9.78. The van der Waals surface area contributed by atoms with Gasteiger partial charge in [0.2, 0.25) is 5.82 Å². The Kier molecular flexibility index (Phi) is 3.68. The highest BCUT2D eigenvalue weighted by Gasteiger charge is 2.12. The van der Waals surface area contributed by atoms with Gasteiger partial charge in [-0.15, -0.1) is 0 Å². The van der Waals surface area contributed by atoms with E-state index < -0.39 is 0 Å². The summed E-state index contributed by atoms with van der Waals surface area (Å²) in [6.07, 6.45) is 0. The van der Waals surface area contributed by atoms with Crippen molar-refractivity contribution in [3.05, 3.63) is 52.1 Å². The third-order valence-corrected chi connectivity index (χ3v) is 3.82. The number of ether oxygens (including phenoxy) is 1. The van der Waals surface area contributed by atoms with E-state index >= 15 is 0 Å². The molecule has 0 fully saturated rings. The van der Waals surface area contributed by atoms with Crippen molar-refractivity contribution in [3.8, 4) is 28.6 Å². The number of rotatable bonds is 3. The summed E-state index contributed by atoms with van der Waals surface area (Å²) in [6, 6.07) is 15.5. The number of methoxy groups -OCH3 is 1. The van der Waals surface area contributed by atoms with E-state index in [0.717, 1.165) is 20.4 Å². The third-order valence-electron chi connectivity index (χ3n) is 2.88. The Morgan fingerprint density at radius 2 is 1.80 bits per heavy atom. The molecule has 0 aliphatic heterocycles. The largest absolute Gasteiger partial charge is 0.497 e. The lowest BCUT2D eigenvalue weighted by molar-refractivity contribution is 0.415. The Balaban J connectivity index is 1.95. The highest BCUT2D eigenvalue weighted by molar-refractivity contribution is 14.1. The molecule has 0 atom stereocenters. The first kappa shape index (κ1) is 13.1. The van der Waals surface area contributed by atoms with Crippen LogP contribution in [0.3, 0.4) is 0 Å². The Labute approximate surface area is 129 Å². The predicted octanol–water partition coefficient (Wildman–Crippen LogP) is 4.02. The second kappa shape index (κ2) is 5.62. The van der Waals surface area contributed by atoms with Crippen molar-refractivity contribution >= 4 is 22.6 Å². The van der Waals surface area contributed by atoms with E-state index in [0.29, 0.717) is 11.7 Å². The van der Waals surface area contributed by atoms with Gasteiger partial charge < -0.3 is 9.26 Å². The minimum absolute atomic E-state index is 0.529. The molecule has 3 aromatic rings. The van der Waals surface area contributed by atoms with Gasteiger partial charge in [-0.25, -0.2) is 0 Å². The van der Waals surface area contributed by atoms with Crippen molar-refractivity contribution in [2.45, 2.75) is 0 Å². The molecule has 100 valence electrons. The summed E-state index contributed by atoms with van der Waals surface area (Å²) in [5.41, 5.74) is 1.84. The van der Waals surface area contributed by atoms with Crippen molar-refractivity contribution in [2.75, 3.05) is 7.11 Å². The SMILES string of the molecule is COc1ccc(-c2noc(-c3ccccc3I)n2)cc1. The molecule has 5 heteroatoms. The average Bonchev–Trinajstić information content (AvgIpc) is 2.97. The molecule has 1 heterocycles. The molecule has 0 saturated carbocycles. The molecule has 20 heavy (non-hydrogen) atoms. The second-order valence-corrected chi connectivity index (χ2v) is 5.29. The molecular weight excluding hydrogens is 367 g/mol. The van der Waals surface area contributed by atoms with Crippen molar-refractivity contribution < 1.29 is 9.26 Å². The van der Waals surface area contributed by atoms with Gasteiger partial charge in [0.1, 0.15) is 5.75 Å². The Morgan fingerprint density at radius 1 is 1.05 bits per heavy atom. The van der Waals surface area contributed by atoms with Gasteiger partial charge in [-0.3, -0.25) is 0 Å². The molecule has 0 spiro atoms. The van der Waals surface area contributed by atoms with Crippen LogP contribution in [0.5, 0.6) is 5.75 Å². The van der Waals surface area contributed by atoms with Crippen LogP contribution in [-0.4, -0.2) is 17.3 Å². The van der Waals surface area contributed by atoms with E-state index in [9.17, 15) is 0 Å². The molecule has 0 radical (unpaired) electrons. The van der Waals surface area contributed by atoms with Crippen LogP contribution in [0.1, 0.15) is 0 Å². The van der Waals surface area contributed by atoms with Gasteiger partial charge in [-0.2, -0.15) is 4.98 Å². The van der Waals surface area contributed by atoms with Gasteiger partial charge in [0, 0.05) is 9.13 Å². The van der Waals surface area contributed by atoms with Crippen LogP contribution in [0.4, 0.5) is 0 Å². The number of nitrogens with zero attached hydrogens (tertiary/aromatic N) is 2. The fourth-order valence-corrected chi connectivity index (χ4v) is 2.44. The van der Waals surface area contributed by atoms with Crippen LogP contribution in [0.25, 0.3) is 22.8 Å². The fraction of sp³-hybridized carbons (Fsp3) is 0.0667. The molecule has 0 aliphatic carbocycles. The van der Waals surface area contributed by atoms with Crippen molar-refractivity contribution in [3.63, 3.8) is 0 Å². The summed E-state index contributed by atoms with van der Waals surface area (Å²) in [7, 11) is 1.64. The van der Waals surface area contributed by atoms with Gasteiger partial charge in [0.05, 0.1) is 12.7 Å². The minimum Gasteiger partial charge on any atom is -0.497 e. The highest BCUT2D eigenvalue weighted by atomic mass is 127. The van der Waals surface area contributed by atoms with Gasteiger partial charge >= 0.3 is 0 Å². The van der Waals surface area contributed by atoms with E-state index in [1.165, 1.54) is 0 Å². The zero-order valence-corrected chi connectivity index (χ0v) is 12.9. The first-order valence-corrected chi connectivity index (χ1v) is 7.09. The molecule has 0 amide bonds. The quantitative estimate of drug-likeness (QED) is 0.646. The summed E-state index contributed by atoms with van der Waals surface area (Å²) in [5.74, 6) is 1.90. The van der Waals surface area contributed by atoms with Gasteiger partial charge in [0.25, 0.3) is 5.89 Å².